The summed E-state index contributed by atoms with van der Waals surface area (Å²) in [4.78, 5) is 14.8. The molecule has 1 aromatic rings. The third-order valence-electron chi connectivity index (χ3n) is 1.97. The summed E-state index contributed by atoms with van der Waals surface area (Å²) in [5, 5.41) is 2.96. The topological polar surface area (TPSA) is 67.5 Å². The predicted octanol–water partition coefficient (Wildman–Crippen LogP) is 1.21. The molecule has 2 rings (SSSR count). The number of nitrogens with one attached hydrogen (secondary N) is 1. The Morgan fingerprint density at radius 1 is 1.43 bits per heavy atom. The minimum absolute atomic E-state index is 0.431. The van der Waals surface area contributed by atoms with Gasteiger partial charge in [0, 0.05) is 17.5 Å². The van der Waals surface area contributed by atoms with Gasteiger partial charge in [0.2, 0.25) is 5.91 Å². The van der Waals surface area contributed by atoms with Crippen LogP contribution in [0.15, 0.2) is 29.4 Å². The van der Waals surface area contributed by atoms with Crippen molar-refractivity contribution in [3.05, 3.63) is 35.5 Å². The highest BCUT2D eigenvalue weighted by Gasteiger charge is 2.05. The number of rotatable bonds is 1. The fraction of sp³-hybridized carbons (Fsp3) is 0. The molecular weight excluding hydrogens is 178 g/mol. The summed E-state index contributed by atoms with van der Waals surface area (Å²) >= 11 is 0. The van der Waals surface area contributed by atoms with Gasteiger partial charge in [-0.15, -0.1) is 0 Å². The summed E-state index contributed by atoms with van der Waals surface area (Å²) in [6.07, 6.45) is 5.10. The first-order valence-electron chi connectivity index (χ1n) is 4.16. The molecular formula is C10H9N3O. The van der Waals surface area contributed by atoms with E-state index < -0.39 is 5.91 Å². The van der Waals surface area contributed by atoms with Crippen LogP contribution in [0.25, 0.3) is 6.08 Å². The molecule has 0 radical (unpaired) electrons. The molecule has 1 aliphatic heterocycles. The number of hydrogen-bond acceptors (Lipinski definition) is 3. The molecule has 1 aromatic carbocycles. The minimum Gasteiger partial charge on any atom is -0.366 e. The lowest BCUT2D eigenvalue weighted by Gasteiger charge is -2.05. The molecule has 14 heavy (non-hydrogen) atoms. The highest BCUT2D eigenvalue weighted by atomic mass is 16.1. The molecule has 4 nitrogen and oxygen atoms in total. The molecule has 4 heteroatoms. The Labute approximate surface area is 81.1 Å². The van der Waals surface area contributed by atoms with Crippen molar-refractivity contribution in [2.24, 2.45) is 10.7 Å². The van der Waals surface area contributed by atoms with Crippen LogP contribution in [0.1, 0.15) is 15.9 Å². The van der Waals surface area contributed by atoms with E-state index in [9.17, 15) is 4.79 Å². The lowest BCUT2D eigenvalue weighted by atomic mass is 10.1. The van der Waals surface area contributed by atoms with Gasteiger partial charge in [-0.25, -0.2) is 4.99 Å². The number of nitrogens with two attached hydrogens (primary N) is 1. The minimum atomic E-state index is -0.431. The highest BCUT2D eigenvalue weighted by Crippen LogP contribution is 2.20. The van der Waals surface area contributed by atoms with Crippen molar-refractivity contribution in [1.29, 1.82) is 0 Å². The number of benzene rings is 1. The van der Waals surface area contributed by atoms with E-state index >= 15 is 0 Å². The summed E-state index contributed by atoms with van der Waals surface area (Å²) < 4.78 is 0. The maximum Gasteiger partial charge on any atom is 0.248 e. The predicted molar refractivity (Wildman–Crippen MR) is 56.1 cm³/mol. The number of hydrogen-bond donors (Lipinski definition) is 2. The van der Waals surface area contributed by atoms with Crippen molar-refractivity contribution in [3.63, 3.8) is 0 Å². The summed E-state index contributed by atoms with van der Waals surface area (Å²) in [6, 6.07) is 5.23. The largest absolute Gasteiger partial charge is 0.366 e. The van der Waals surface area contributed by atoms with Gasteiger partial charge < -0.3 is 11.1 Å². The summed E-state index contributed by atoms with van der Waals surface area (Å²) in [5.74, 6) is -0.431. The molecule has 0 bridgehead atoms. The zero-order valence-corrected chi connectivity index (χ0v) is 7.40. The van der Waals surface area contributed by atoms with Gasteiger partial charge in [0.05, 0.1) is 6.34 Å². The number of nitrogens with zero attached hydrogens (tertiary/aromatic N) is 1. The van der Waals surface area contributed by atoms with Crippen molar-refractivity contribution < 1.29 is 4.79 Å². The lowest BCUT2D eigenvalue weighted by molar-refractivity contribution is 0.100. The van der Waals surface area contributed by atoms with E-state index in [1.54, 1.807) is 24.7 Å². The maximum atomic E-state index is 10.9. The zero-order valence-electron chi connectivity index (χ0n) is 7.40. The molecule has 0 unspecified atom stereocenters. The lowest BCUT2D eigenvalue weighted by Crippen LogP contribution is -2.11. The molecule has 0 saturated carbocycles. The normalized spacial score (nSPS) is 12.9. The molecule has 0 fully saturated rings. The van der Waals surface area contributed by atoms with E-state index in [1.807, 2.05) is 12.1 Å². The van der Waals surface area contributed by atoms with Gasteiger partial charge in [-0.2, -0.15) is 0 Å². The zero-order chi connectivity index (χ0) is 9.97. The van der Waals surface area contributed by atoms with Crippen LogP contribution in [0.4, 0.5) is 5.69 Å². The van der Waals surface area contributed by atoms with Crippen LogP contribution in [0.5, 0.6) is 0 Å². The Kier molecular flexibility index (Phi) is 2.02. The second kappa shape index (κ2) is 3.33. The van der Waals surface area contributed by atoms with Crippen molar-refractivity contribution in [1.82, 2.24) is 0 Å². The Balaban J connectivity index is 2.49. The molecule has 3 N–H and O–H groups in total. The van der Waals surface area contributed by atoms with Crippen LogP contribution in [-0.4, -0.2) is 12.2 Å². The Morgan fingerprint density at radius 3 is 3.07 bits per heavy atom. The fourth-order valence-electron chi connectivity index (χ4n) is 1.25. The van der Waals surface area contributed by atoms with E-state index in [0.29, 0.717) is 5.56 Å². The van der Waals surface area contributed by atoms with Crippen molar-refractivity contribution >= 4 is 24.0 Å². The molecule has 1 aliphatic rings. The number of aliphatic imine (C=N–C) groups is 1. The maximum absolute atomic E-state index is 10.9. The second-order valence-electron chi connectivity index (χ2n) is 2.90. The molecule has 0 aliphatic carbocycles. The first-order chi connectivity index (χ1) is 6.77. The first kappa shape index (κ1) is 8.50. The van der Waals surface area contributed by atoms with Crippen LogP contribution >= 0.6 is 0 Å². The smallest absolute Gasteiger partial charge is 0.248 e. The number of primary amides is 1. The average Bonchev–Trinajstić information content (AvgIpc) is 2.41. The van der Waals surface area contributed by atoms with Crippen LogP contribution in [0.3, 0.4) is 0 Å². The standard InChI is InChI=1S/C10H9N3O/c11-10(14)8-2-1-7-3-4-12-6-13-9(7)5-8/h1-6H,(H2,11,14)(H,12,13). The van der Waals surface area contributed by atoms with Gasteiger partial charge in [-0.05, 0) is 23.8 Å². The van der Waals surface area contributed by atoms with Crippen LogP contribution in [0.2, 0.25) is 0 Å². The summed E-state index contributed by atoms with van der Waals surface area (Å²) in [6.45, 7) is 0. The Bertz CT molecular complexity index is 435. The van der Waals surface area contributed by atoms with Gasteiger partial charge in [-0.1, -0.05) is 6.07 Å². The molecule has 0 spiro atoms. The third kappa shape index (κ3) is 1.50. The van der Waals surface area contributed by atoms with E-state index in [0.717, 1.165) is 11.3 Å². The molecule has 70 valence electrons. The van der Waals surface area contributed by atoms with E-state index in [-0.39, 0.29) is 0 Å². The molecule has 1 amide bonds. The SMILES string of the molecule is NC(=O)c1ccc2c(c1)NC=NC=C2. The van der Waals surface area contributed by atoms with Gasteiger partial charge in [0.15, 0.2) is 0 Å². The van der Waals surface area contributed by atoms with Crippen LogP contribution in [0, 0.1) is 0 Å². The van der Waals surface area contributed by atoms with Crippen LogP contribution in [-0.2, 0) is 0 Å². The molecule has 1 heterocycles. The fourth-order valence-corrected chi connectivity index (χ4v) is 1.25. The van der Waals surface area contributed by atoms with E-state index in [4.69, 9.17) is 5.73 Å². The molecule has 0 atom stereocenters. The monoisotopic (exact) mass is 187 g/mol. The van der Waals surface area contributed by atoms with Crippen molar-refractivity contribution in [2.75, 3.05) is 5.32 Å². The quantitative estimate of drug-likeness (QED) is 0.693. The number of carbonyl (C=O) groups is 1. The summed E-state index contributed by atoms with van der Waals surface area (Å²) in [5.41, 5.74) is 7.47. The average molecular weight is 187 g/mol. The first-order valence-corrected chi connectivity index (χ1v) is 4.16. The van der Waals surface area contributed by atoms with E-state index in [2.05, 4.69) is 10.3 Å². The number of fused-ring (bicyclic) bond motifs is 1. The number of anilines is 1. The van der Waals surface area contributed by atoms with Crippen molar-refractivity contribution in [2.45, 2.75) is 0 Å². The second-order valence-corrected chi connectivity index (χ2v) is 2.90. The number of carbonyl (C=O) groups excluding carboxylic acids is 1. The Morgan fingerprint density at radius 2 is 2.29 bits per heavy atom. The van der Waals surface area contributed by atoms with Gasteiger partial charge in [0.1, 0.15) is 0 Å². The molecule has 0 aromatic heterocycles. The van der Waals surface area contributed by atoms with Gasteiger partial charge >= 0.3 is 0 Å². The summed E-state index contributed by atoms with van der Waals surface area (Å²) in [7, 11) is 0. The van der Waals surface area contributed by atoms with Crippen molar-refractivity contribution in [3.8, 4) is 0 Å². The third-order valence-corrected chi connectivity index (χ3v) is 1.97. The van der Waals surface area contributed by atoms with Crippen LogP contribution < -0.4 is 11.1 Å². The van der Waals surface area contributed by atoms with Gasteiger partial charge in [-0.3, -0.25) is 4.79 Å². The van der Waals surface area contributed by atoms with Gasteiger partial charge in [0.25, 0.3) is 0 Å². The Hall–Kier alpha value is -2.10. The van der Waals surface area contributed by atoms with E-state index in [1.165, 1.54) is 0 Å². The molecule has 0 saturated heterocycles. The highest BCUT2D eigenvalue weighted by molar-refractivity contribution is 5.96. The number of amides is 1.